The van der Waals surface area contributed by atoms with E-state index in [0.717, 1.165) is 25.7 Å². The van der Waals surface area contributed by atoms with E-state index in [9.17, 15) is 9.18 Å². The molecule has 0 bridgehead atoms. The van der Waals surface area contributed by atoms with E-state index in [4.69, 9.17) is 5.11 Å². The molecule has 0 heterocycles. The third-order valence-electron chi connectivity index (χ3n) is 3.93. The molecule has 0 saturated heterocycles. The Morgan fingerprint density at radius 1 is 1.38 bits per heavy atom. The monoisotopic (exact) mass is 289 g/mol. The Bertz CT molecular complexity index is 566. The molecule has 1 aliphatic carbocycles. The van der Waals surface area contributed by atoms with Gasteiger partial charge in [0.05, 0.1) is 11.3 Å². The molecule has 1 aromatic rings. The second kappa shape index (κ2) is 7.24. The highest BCUT2D eigenvalue weighted by Crippen LogP contribution is 2.29. The van der Waals surface area contributed by atoms with Crippen LogP contribution in [0.2, 0.25) is 0 Å². The first-order valence-electron chi connectivity index (χ1n) is 7.30. The predicted molar refractivity (Wildman–Crippen MR) is 80.1 cm³/mol. The van der Waals surface area contributed by atoms with Crippen LogP contribution in [-0.2, 0) is 4.79 Å². The SMILES string of the molecule is CC1CCC(C(=O)Nc2ccc(F)cc2C#CCO)CC1. The highest BCUT2D eigenvalue weighted by molar-refractivity contribution is 5.93. The average Bonchev–Trinajstić information content (AvgIpc) is 2.48. The molecular formula is C17H20FNO2. The lowest BCUT2D eigenvalue weighted by Gasteiger charge is -2.25. The minimum Gasteiger partial charge on any atom is -0.384 e. The summed E-state index contributed by atoms with van der Waals surface area (Å²) in [6.07, 6.45) is 3.93. The predicted octanol–water partition coefficient (Wildman–Crippen LogP) is 2.93. The van der Waals surface area contributed by atoms with Gasteiger partial charge in [-0.2, -0.15) is 0 Å². The van der Waals surface area contributed by atoms with Gasteiger partial charge in [0, 0.05) is 5.92 Å². The van der Waals surface area contributed by atoms with E-state index < -0.39 is 5.82 Å². The summed E-state index contributed by atoms with van der Waals surface area (Å²) < 4.78 is 13.3. The Morgan fingerprint density at radius 2 is 2.10 bits per heavy atom. The zero-order valence-corrected chi connectivity index (χ0v) is 12.2. The summed E-state index contributed by atoms with van der Waals surface area (Å²) in [5, 5.41) is 11.6. The van der Waals surface area contributed by atoms with Crippen LogP contribution < -0.4 is 5.32 Å². The smallest absolute Gasteiger partial charge is 0.227 e. The lowest BCUT2D eigenvalue weighted by Crippen LogP contribution is -2.26. The Balaban J connectivity index is 2.10. The molecule has 1 fully saturated rings. The van der Waals surface area contributed by atoms with Gasteiger partial charge in [0.15, 0.2) is 0 Å². The van der Waals surface area contributed by atoms with E-state index >= 15 is 0 Å². The van der Waals surface area contributed by atoms with Gasteiger partial charge in [-0.3, -0.25) is 4.79 Å². The fourth-order valence-corrected chi connectivity index (χ4v) is 2.62. The van der Waals surface area contributed by atoms with Crippen LogP contribution >= 0.6 is 0 Å². The van der Waals surface area contributed by atoms with Gasteiger partial charge in [0.1, 0.15) is 12.4 Å². The lowest BCUT2D eigenvalue weighted by atomic mass is 9.82. The first-order chi connectivity index (χ1) is 10.1. The maximum atomic E-state index is 13.3. The van der Waals surface area contributed by atoms with Crippen molar-refractivity contribution in [1.29, 1.82) is 0 Å². The van der Waals surface area contributed by atoms with Crippen LogP contribution in [0.4, 0.5) is 10.1 Å². The van der Waals surface area contributed by atoms with E-state index in [1.807, 2.05) is 0 Å². The van der Waals surface area contributed by atoms with Gasteiger partial charge in [-0.1, -0.05) is 18.8 Å². The number of aliphatic hydroxyl groups excluding tert-OH is 1. The molecule has 0 aromatic heterocycles. The van der Waals surface area contributed by atoms with Gasteiger partial charge in [-0.15, -0.1) is 0 Å². The second-order valence-electron chi connectivity index (χ2n) is 5.60. The molecule has 21 heavy (non-hydrogen) atoms. The third kappa shape index (κ3) is 4.30. The number of carbonyl (C=O) groups excluding carboxylic acids is 1. The highest BCUT2D eigenvalue weighted by Gasteiger charge is 2.24. The van der Waals surface area contributed by atoms with Crippen molar-refractivity contribution < 1.29 is 14.3 Å². The van der Waals surface area contributed by atoms with Crippen LogP contribution in [0, 0.1) is 29.5 Å². The largest absolute Gasteiger partial charge is 0.384 e. The summed E-state index contributed by atoms with van der Waals surface area (Å²) in [5.74, 6) is 5.40. The fraction of sp³-hybridized carbons (Fsp3) is 0.471. The van der Waals surface area contributed by atoms with Crippen molar-refractivity contribution in [2.24, 2.45) is 11.8 Å². The van der Waals surface area contributed by atoms with Crippen molar-refractivity contribution in [2.75, 3.05) is 11.9 Å². The normalized spacial score (nSPS) is 21.3. The van der Waals surface area contributed by atoms with E-state index in [1.54, 1.807) is 0 Å². The Hall–Kier alpha value is -1.86. The molecule has 2 N–H and O–H groups in total. The Labute approximate surface area is 124 Å². The van der Waals surface area contributed by atoms with Gasteiger partial charge in [0.2, 0.25) is 5.91 Å². The molecular weight excluding hydrogens is 269 g/mol. The van der Waals surface area contributed by atoms with Crippen LogP contribution in [-0.4, -0.2) is 17.6 Å². The molecule has 1 saturated carbocycles. The number of hydrogen-bond acceptors (Lipinski definition) is 2. The summed E-state index contributed by atoms with van der Waals surface area (Å²) in [6, 6.07) is 4.07. The molecule has 0 spiro atoms. The minimum atomic E-state index is -0.415. The summed E-state index contributed by atoms with van der Waals surface area (Å²) in [4.78, 5) is 12.3. The standard InChI is InChI=1S/C17H20FNO2/c1-12-4-6-13(7-5-12)17(21)19-16-9-8-15(18)11-14(16)3-2-10-20/h8-9,11-13,20H,4-7,10H2,1H3,(H,19,21). The van der Waals surface area contributed by atoms with Crippen molar-refractivity contribution in [3.05, 3.63) is 29.6 Å². The van der Waals surface area contributed by atoms with E-state index in [-0.39, 0.29) is 18.4 Å². The molecule has 0 unspecified atom stereocenters. The summed E-state index contributed by atoms with van der Waals surface area (Å²) in [5.41, 5.74) is 0.891. The Morgan fingerprint density at radius 3 is 2.76 bits per heavy atom. The van der Waals surface area contributed by atoms with E-state index in [2.05, 4.69) is 24.1 Å². The fourth-order valence-electron chi connectivity index (χ4n) is 2.62. The maximum Gasteiger partial charge on any atom is 0.227 e. The number of halogens is 1. The van der Waals surface area contributed by atoms with Crippen molar-refractivity contribution in [3.63, 3.8) is 0 Å². The van der Waals surface area contributed by atoms with Gasteiger partial charge < -0.3 is 10.4 Å². The van der Waals surface area contributed by atoms with Crippen LogP contribution in [0.15, 0.2) is 18.2 Å². The molecule has 0 aliphatic heterocycles. The first-order valence-corrected chi connectivity index (χ1v) is 7.30. The average molecular weight is 289 g/mol. The van der Waals surface area contributed by atoms with Crippen LogP contribution in [0.1, 0.15) is 38.2 Å². The minimum absolute atomic E-state index is 0.0184. The molecule has 4 heteroatoms. The van der Waals surface area contributed by atoms with Crippen molar-refractivity contribution >= 4 is 11.6 Å². The second-order valence-corrected chi connectivity index (χ2v) is 5.60. The van der Waals surface area contributed by atoms with Gasteiger partial charge in [0.25, 0.3) is 0 Å². The third-order valence-corrected chi connectivity index (χ3v) is 3.93. The molecule has 3 nitrogen and oxygen atoms in total. The van der Waals surface area contributed by atoms with Gasteiger partial charge in [-0.05, 0) is 49.8 Å². The zero-order chi connectivity index (χ0) is 15.2. The number of carbonyl (C=O) groups is 1. The maximum absolute atomic E-state index is 13.3. The number of aliphatic hydroxyl groups is 1. The molecule has 0 atom stereocenters. The summed E-state index contributed by atoms with van der Waals surface area (Å²) in [6.45, 7) is 1.90. The van der Waals surface area contributed by atoms with Crippen molar-refractivity contribution in [2.45, 2.75) is 32.6 Å². The highest BCUT2D eigenvalue weighted by atomic mass is 19.1. The zero-order valence-electron chi connectivity index (χ0n) is 12.2. The Kier molecular flexibility index (Phi) is 5.35. The van der Waals surface area contributed by atoms with E-state index in [1.165, 1.54) is 18.2 Å². The molecule has 112 valence electrons. The number of benzene rings is 1. The number of nitrogens with one attached hydrogen (secondary N) is 1. The summed E-state index contributed by atoms with van der Waals surface area (Å²) >= 11 is 0. The van der Waals surface area contributed by atoms with Gasteiger partial charge >= 0.3 is 0 Å². The first kappa shape index (κ1) is 15.5. The molecule has 0 radical (unpaired) electrons. The summed E-state index contributed by atoms with van der Waals surface area (Å²) in [7, 11) is 0. The van der Waals surface area contributed by atoms with E-state index in [0.29, 0.717) is 17.2 Å². The number of amides is 1. The number of hydrogen-bond donors (Lipinski definition) is 2. The number of anilines is 1. The molecule has 1 amide bonds. The van der Waals surface area contributed by atoms with Crippen LogP contribution in [0.3, 0.4) is 0 Å². The number of rotatable bonds is 2. The molecule has 1 aromatic carbocycles. The van der Waals surface area contributed by atoms with Crippen molar-refractivity contribution in [1.82, 2.24) is 0 Å². The van der Waals surface area contributed by atoms with Crippen LogP contribution in [0.25, 0.3) is 0 Å². The molecule has 2 rings (SSSR count). The quantitative estimate of drug-likeness (QED) is 0.822. The van der Waals surface area contributed by atoms with Crippen LogP contribution in [0.5, 0.6) is 0 Å². The van der Waals surface area contributed by atoms with Crippen molar-refractivity contribution in [3.8, 4) is 11.8 Å². The topological polar surface area (TPSA) is 49.3 Å². The lowest BCUT2D eigenvalue weighted by molar-refractivity contribution is -0.121. The molecule has 1 aliphatic rings. The van der Waals surface area contributed by atoms with Gasteiger partial charge in [-0.25, -0.2) is 4.39 Å².